The fraction of sp³-hybridized carbons (Fsp3) is 0.733. The van der Waals surface area contributed by atoms with Gasteiger partial charge in [0, 0.05) is 12.4 Å². The zero-order valence-electron chi connectivity index (χ0n) is 11.4. The predicted octanol–water partition coefficient (Wildman–Crippen LogP) is 2.87. The summed E-state index contributed by atoms with van der Waals surface area (Å²) in [5, 5.41) is 3.40. The van der Waals surface area contributed by atoms with Gasteiger partial charge in [-0.2, -0.15) is 0 Å². The van der Waals surface area contributed by atoms with Crippen molar-refractivity contribution in [1.29, 1.82) is 0 Å². The van der Waals surface area contributed by atoms with Gasteiger partial charge in [-0.3, -0.25) is 0 Å². The minimum absolute atomic E-state index is 0.329. The lowest BCUT2D eigenvalue weighted by Crippen LogP contribution is -2.24. The number of nitrogens with zero attached hydrogens (tertiary/aromatic N) is 2. The van der Waals surface area contributed by atoms with E-state index in [0.717, 1.165) is 29.1 Å². The van der Waals surface area contributed by atoms with E-state index in [0.29, 0.717) is 6.04 Å². The minimum atomic E-state index is 0.329. The Morgan fingerprint density at radius 2 is 2.06 bits per heavy atom. The van der Waals surface area contributed by atoms with E-state index in [4.69, 9.17) is 0 Å². The maximum Gasteiger partial charge on any atom is 0.145 e. The standard InChI is InChI=1S/C15H23N3/c1-10-8-17-15(18-9-10)14(16-2)7-13-6-11-3-4-12(13)5-11/h8-9,11-14,16H,3-7H2,1-2H3. The van der Waals surface area contributed by atoms with Gasteiger partial charge in [0.1, 0.15) is 5.82 Å². The van der Waals surface area contributed by atoms with Crippen molar-refractivity contribution in [2.24, 2.45) is 17.8 Å². The van der Waals surface area contributed by atoms with Gasteiger partial charge in [0.05, 0.1) is 6.04 Å². The van der Waals surface area contributed by atoms with Gasteiger partial charge in [-0.05, 0) is 63.0 Å². The molecule has 1 heterocycles. The first-order valence-corrected chi connectivity index (χ1v) is 7.22. The van der Waals surface area contributed by atoms with Gasteiger partial charge >= 0.3 is 0 Å². The van der Waals surface area contributed by atoms with Crippen LogP contribution in [0.4, 0.5) is 0 Å². The van der Waals surface area contributed by atoms with Gasteiger partial charge in [-0.15, -0.1) is 0 Å². The molecule has 0 aliphatic heterocycles. The molecule has 98 valence electrons. The SMILES string of the molecule is CNC(CC1CC2CCC1C2)c1ncc(C)cn1. The number of aromatic nitrogens is 2. The lowest BCUT2D eigenvalue weighted by molar-refractivity contribution is 0.280. The molecule has 0 spiro atoms. The molecule has 0 amide bonds. The van der Waals surface area contributed by atoms with Crippen molar-refractivity contribution in [3.63, 3.8) is 0 Å². The number of rotatable bonds is 4. The van der Waals surface area contributed by atoms with E-state index in [9.17, 15) is 0 Å². The monoisotopic (exact) mass is 245 g/mol. The molecule has 4 unspecified atom stereocenters. The fourth-order valence-electron chi connectivity index (χ4n) is 3.90. The third kappa shape index (κ3) is 2.28. The summed E-state index contributed by atoms with van der Waals surface area (Å²) in [6.45, 7) is 2.04. The summed E-state index contributed by atoms with van der Waals surface area (Å²) in [5.41, 5.74) is 1.13. The fourth-order valence-corrected chi connectivity index (χ4v) is 3.90. The van der Waals surface area contributed by atoms with Crippen molar-refractivity contribution in [3.8, 4) is 0 Å². The van der Waals surface area contributed by atoms with Crippen LogP contribution in [0.3, 0.4) is 0 Å². The van der Waals surface area contributed by atoms with Crippen molar-refractivity contribution in [2.45, 2.75) is 45.1 Å². The van der Waals surface area contributed by atoms with Crippen LogP contribution in [0.25, 0.3) is 0 Å². The van der Waals surface area contributed by atoms with Crippen LogP contribution in [0.15, 0.2) is 12.4 Å². The Morgan fingerprint density at radius 1 is 1.28 bits per heavy atom. The Bertz CT molecular complexity index is 401. The number of hydrogen-bond donors (Lipinski definition) is 1. The van der Waals surface area contributed by atoms with E-state index < -0.39 is 0 Å². The third-order valence-electron chi connectivity index (χ3n) is 4.88. The molecule has 1 aromatic rings. The highest BCUT2D eigenvalue weighted by Gasteiger charge is 2.40. The molecule has 1 N–H and O–H groups in total. The molecule has 0 saturated heterocycles. The van der Waals surface area contributed by atoms with Gasteiger partial charge in [-0.1, -0.05) is 6.42 Å². The molecule has 2 bridgehead atoms. The number of fused-ring (bicyclic) bond motifs is 2. The number of hydrogen-bond acceptors (Lipinski definition) is 3. The molecule has 2 aliphatic rings. The molecule has 1 aromatic heterocycles. The average Bonchev–Trinajstić information content (AvgIpc) is 2.99. The first-order valence-electron chi connectivity index (χ1n) is 7.22. The highest BCUT2D eigenvalue weighted by atomic mass is 15.0. The normalized spacial score (nSPS) is 31.8. The van der Waals surface area contributed by atoms with Crippen molar-refractivity contribution in [1.82, 2.24) is 15.3 Å². The lowest BCUT2D eigenvalue weighted by Gasteiger charge is -2.25. The van der Waals surface area contributed by atoms with Crippen LogP contribution in [-0.2, 0) is 0 Å². The molecule has 18 heavy (non-hydrogen) atoms. The van der Waals surface area contributed by atoms with Crippen LogP contribution in [0.5, 0.6) is 0 Å². The van der Waals surface area contributed by atoms with Gasteiger partial charge in [0.15, 0.2) is 0 Å². The molecule has 3 nitrogen and oxygen atoms in total. The summed E-state index contributed by atoms with van der Waals surface area (Å²) in [6.07, 6.45) is 10.9. The Labute approximate surface area is 109 Å². The largest absolute Gasteiger partial charge is 0.310 e. The van der Waals surface area contributed by atoms with Gasteiger partial charge < -0.3 is 5.32 Å². The van der Waals surface area contributed by atoms with Crippen LogP contribution >= 0.6 is 0 Å². The van der Waals surface area contributed by atoms with Gasteiger partial charge in [0.2, 0.25) is 0 Å². The van der Waals surface area contributed by atoms with Crippen LogP contribution in [0.2, 0.25) is 0 Å². The molecule has 0 aromatic carbocycles. The van der Waals surface area contributed by atoms with Crippen molar-refractivity contribution < 1.29 is 0 Å². The summed E-state index contributed by atoms with van der Waals surface area (Å²) >= 11 is 0. The van der Waals surface area contributed by atoms with Crippen LogP contribution in [0, 0.1) is 24.7 Å². The van der Waals surface area contributed by atoms with Crippen molar-refractivity contribution in [2.75, 3.05) is 7.05 Å². The average molecular weight is 245 g/mol. The molecule has 3 heteroatoms. The molecule has 2 fully saturated rings. The molecular weight excluding hydrogens is 222 g/mol. The summed E-state index contributed by atoms with van der Waals surface area (Å²) < 4.78 is 0. The van der Waals surface area contributed by atoms with E-state index in [2.05, 4.69) is 15.3 Å². The highest BCUT2D eigenvalue weighted by Crippen LogP contribution is 2.50. The maximum absolute atomic E-state index is 4.48. The van der Waals surface area contributed by atoms with Gasteiger partial charge in [-0.25, -0.2) is 9.97 Å². The predicted molar refractivity (Wildman–Crippen MR) is 72.1 cm³/mol. The second-order valence-electron chi connectivity index (χ2n) is 6.13. The zero-order valence-corrected chi connectivity index (χ0v) is 11.4. The highest BCUT2D eigenvalue weighted by molar-refractivity contribution is 5.05. The second-order valence-corrected chi connectivity index (χ2v) is 6.13. The quantitative estimate of drug-likeness (QED) is 0.886. The molecule has 2 aliphatic carbocycles. The van der Waals surface area contributed by atoms with Crippen LogP contribution in [-0.4, -0.2) is 17.0 Å². The Kier molecular flexibility index (Phi) is 3.33. The first-order chi connectivity index (χ1) is 8.76. The second kappa shape index (κ2) is 4.96. The smallest absolute Gasteiger partial charge is 0.145 e. The van der Waals surface area contributed by atoms with Crippen LogP contribution < -0.4 is 5.32 Å². The lowest BCUT2D eigenvalue weighted by atomic mass is 9.84. The molecule has 3 rings (SSSR count). The summed E-state index contributed by atoms with van der Waals surface area (Å²) in [7, 11) is 2.03. The molecule has 0 radical (unpaired) electrons. The summed E-state index contributed by atoms with van der Waals surface area (Å²) in [5.74, 6) is 3.87. The Balaban J connectivity index is 1.67. The Hall–Kier alpha value is -0.960. The topological polar surface area (TPSA) is 37.8 Å². The zero-order chi connectivity index (χ0) is 12.5. The Morgan fingerprint density at radius 3 is 2.61 bits per heavy atom. The van der Waals surface area contributed by atoms with E-state index in [1.54, 1.807) is 0 Å². The number of aryl methyl sites for hydroxylation is 1. The first kappa shape index (κ1) is 12.1. The summed E-state index contributed by atoms with van der Waals surface area (Å²) in [4.78, 5) is 8.96. The van der Waals surface area contributed by atoms with E-state index in [1.807, 2.05) is 26.4 Å². The van der Waals surface area contributed by atoms with E-state index in [1.165, 1.54) is 32.1 Å². The third-order valence-corrected chi connectivity index (χ3v) is 4.88. The van der Waals surface area contributed by atoms with Crippen LogP contribution in [0.1, 0.15) is 49.5 Å². The van der Waals surface area contributed by atoms with E-state index >= 15 is 0 Å². The van der Waals surface area contributed by atoms with E-state index in [-0.39, 0.29) is 0 Å². The number of nitrogens with one attached hydrogen (secondary N) is 1. The maximum atomic E-state index is 4.48. The van der Waals surface area contributed by atoms with Crippen molar-refractivity contribution >= 4 is 0 Å². The molecule has 2 saturated carbocycles. The summed E-state index contributed by atoms with van der Waals surface area (Å²) in [6, 6.07) is 0.329. The molecule has 4 atom stereocenters. The van der Waals surface area contributed by atoms with Gasteiger partial charge in [0.25, 0.3) is 0 Å². The van der Waals surface area contributed by atoms with Crippen molar-refractivity contribution in [3.05, 3.63) is 23.8 Å². The minimum Gasteiger partial charge on any atom is -0.310 e. The molecular formula is C15H23N3.